The van der Waals surface area contributed by atoms with E-state index in [0.717, 1.165) is 29.6 Å². The molecule has 2 aliphatic rings. The maximum Gasteiger partial charge on any atom is 0.342 e. The number of nitrogens with one attached hydrogen (secondary N) is 3. The quantitative estimate of drug-likeness (QED) is 0.300. The summed E-state index contributed by atoms with van der Waals surface area (Å²) in [7, 11) is 2.06. The van der Waals surface area contributed by atoms with Crippen LogP contribution in [-0.4, -0.2) is 70.3 Å². The topological polar surface area (TPSA) is 112 Å². The van der Waals surface area contributed by atoms with Crippen LogP contribution >= 0.6 is 0 Å². The first-order valence-electron chi connectivity index (χ1n) is 14.6. The summed E-state index contributed by atoms with van der Waals surface area (Å²) in [5, 5.41) is 13.2. The number of hydrogen-bond donors (Lipinski definition) is 3. The number of urea groups is 1. The van der Waals surface area contributed by atoms with Crippen LogP contribution < -0.4 is 16.0 Å². The van der Waals surface area contributed by atoms with Crippen molar-refractivity contribution in [3.8, 4) is 0 Å². The third kappa shape index (κ3) is 6.25. The van der Waals surface area contributed by atoms with Gasteiger partial charge in [-0.1, -0.05) is 24.3 Å². The SMILES string of the molecule is CN1CC2CCCN(C(=O)c3nn(C(=O)NCc4ccc(F)cc4)c4ccc(NC(=O)NCc5ccc(F)cc5)cc34)CC21. The second-order valence-electron chi connectivity index (χ2n) is 11.4. The van der Waals surface area contributed by atoms with Crippen LogP contribution in [0.1, 0.15) is 34.5 Å². The number of aromatic nitrogens is 2. The van der Waals surface area contributed by atoms with Crippen LogP contribution in [0.5, 0.6) is 0 Å². The molecule has 0 saturated carbocycles. The Labute approximate surface area is 253 Å². The molecule has 44 heavy (non-hydrogen) atoms. The van der Waals surface area contributed by atoms with Gasteiger partial charge >= 0.3 is 12.1 Å². The Morgan fingerprint density at radius 1 is 0.886 bits per heavy atom. The number of halogens is 2. The molecule has 3 aromatic carbocycles. The van der Waals surface area contributed by atoms with E-state index in [1.54, 1.807) is 47.4 Å². The minimum Gasteiger partial charge on any atom is -0.336 e. The monoisotopic (exact) mass is 601 g/mol. The average Bonchev–Trinajstić information content (AvgIpc) is 3.30. The number of nitrogens with zero attached hydrogens (tertiary/aromatic N) is 4. The van der Waals surface area contributed by atoms with E-state index in [2.05, 4.69) is 33.0 Å². The number of amides is 4. The first-order valence-corrected chi connectivity index (χ1v) is 14.6. The molecule has 2 atom stereocenters. The van der Waals surface area contributed by atoms with Gasteiger partial charge in [-0.15, -0.1) is 0 Å². The van der Waals surface area contributed by atoms with Gasteiger partial charge in [0.2, 0.25) is 0 Å². The Morgan fingerprint density at radius 2 is 1.55 bits per heavy atom. The predicted molar refractivity (Wildman–Crippen MR) is 161 cm³/mol. The van der Waals surface area contributed by atoms with Crippen molar-refractivity contribution >= 4 is 34.6 Å². The summed E-state index contributed by atoms with van der Waals surface area (Å²) in [5.41, 5.74) is 2.36. The smallest absolute Gasteiger partial charge is 0.336 e. The molecule has 12 heteroatoms. The van der Waals surface area contributed by atoms with Crippen molar-refractivity contribution in [2.45, 2.75) is 32.0 Å². The van der Waals surface area contributed by atoms with Crippen molar-refractivity contribution < 1.29 is 23.2 Å². The molecule has 0 aliphatic carbocycles. The Bertz CT molecular complexity index is 1690. The van der Waals surface area contributed by atoms with Gasteiger partial charge in [0.25, 0.3) is 5.91 Å². The first kappa shape index (κ1) is 29.2. The fraction of sp³-hybridized carbons (Fsp3) is 0.312. The number of likely N-dealkylation sites (tertiary alicyclic amines) is 2. The summed E-state index contributed by atoms with van der Waals surface area (Å²) < 4.78 is 27.7. The Kier molecular flexibility index (Phi) is 8.25. The fourth-order valence-corrected chi connectivity index (χ4v) is 5.94. The standard InChI is InChI=1S/C32H33F2N7O3/c1-39-18-22-3-2-14-40(19-28(22)39)30(42)29-26-15-25(37-31(43)35-16-20-4-8-23(33)9-5-20)12-13-27(26)41(38-29)32(44)36-17-21-6-10-24(34)11-7-21/h4-13,15,22,28H,2-3,14,16-19H2,1H3,(H,36,44)(H2,35,37,43). The van der Waals surface area contributed by atoms with Gasteiger partial charge in [0.1, 0.15) is 11.6 Å². The van der Waals surface area contributed by atoms with Crippen molar-refractivity contribution in [3.05, 3.63) is 95.2 Å². The minimum atomic E-state index is -0.550. The van der Waals surface area contributed by atoms with E-state index in [-0.39, 0.29) is 42.4 Å². The lowest BCUT2D eigenvalue weighted by molar-refractivity contribution is 0.0252. The Hall–Kier alpha value is -4.84. The Balaban J connectivity index is 1.25. The predicted octanol–water partition coefficient (Wildman–Crippen LogP) is 4.56. The number of benzene rings is 3. The molecule has 10 nitrogen and oxygen atoms in total. The van der Waals surface area contributed by atoms with Gasteiger partial charge in [-0.2, -0.15) is 9.78 Å². The van der Waals surface area contributed by atoms with E-state index in [1.807, 2.05) is 0 Å². The second-order valence-corrected chi connectivity index (χ2v) is 11.4. The summed E-state index contributed by atoms with van der Waals surface area (Å²) in [4.78, 5) is 44.0. The van der Waals surface area contributed by atoms with Crippen LogP contribution in [0.25, 0.3) is 10.9 Å². The molecule has 3 heterocycles. The highest BCUT2D eigenvalue weighted by molar-refractivity contribution is 6.08. The zero-order valence-electron chi connectivity index (χ0n) is 24.2. The second kappa shape index (κ2) is 12.4. The Morgan fingerprint density at radius 3 is 2.20 bits per heavy atom. The number of hydrogen-bond acceptors (Lipinski definition) is 5. The highest BCUT2D eigenvalue weighted by Crippen LogP contribution is 2.32. The van der Waals surface area contributed by atoms with Crippen LogP contribution in [-0.2, 0) is 13.1 Å². The number of carbonyl (C=O) groups excluding carboxylic acids is 3. The van der Waals surface area contributed by atoms with E-state index in [9.17, 15) is 23.2 Å². The lowest BCUT2D eigenvalue weighted by Crippen LogP contribution is -2.57. The molecule has 1 aromatic heterocycles. The van der Waals surface area contributed by atoms with Crippen LogP contribution in [0.4, 0.5) is 24.1 Å². The number of likely N-dealkylation sites (N-methyl/N-ethyl adjacent to an activating group) is 1. The van der Waals surface area contributed by atoms with Gasteiger partial charge in [0.05, 0.1) is 5.52 Å². The normalized spacial score (nSPS) is 18.2. The van der Waals surface area contributed by atoms with E-state index >= 15 is 0 Å². The van der Waals surface area contributed by atoms with Gasteiger partial charge in [-0.05, 0) is 79.4 Å². The van der Waals surface area contributed by atoms with E-state index in [4.69, 9.17) is 0 Å². The number of rotatable bonds is 6. The van der Waals surface area contributed by atoms with Crippen molar-refractivity contribution in [1.82, 2.24) is 30.2 Å². The third-order valence-corrected chi connectivity index (χ3v) is 8.39. The zero-order chi connectivity index (χ0) is 30.8. The molecule has 0 bridgehead atoms. The summed E-state index contributed by atoms with van der Waals surface area (Å²) in [6.07, 6.45) is 1.94. The van der Waals surface area contributed by atoms with Crippen molar-refractivity contribution in [2.75, 3.05) is 32.0 Å². The van der Waals surface area contributed by atoms with Crippen molar-refractivity contribution in [1.29, 1.82) is 0 Å². The third-order valence-electron chi connectivity index (χ3n) is 8.39. The summed E-state index contributed by atoms with van der Waals surface area (Å²) in [5.74, 6) is -0.448. The first-order chi connectivity index (χ1) is 21.2. The molecule has 228 valence electrons. The molecular weight excluding hydrogens is 568 g/mol. The van der Waals surface area contributed by atoms with E-state index < -0.39 is 12.1 Å². The molecule has 0 radical (unpaired) electrons. The van der Waals surface area contributed by atoms with Crippen LogP contribution in [0, 0.1) is 17.6 Å². The average molecular weight is 602 g/mol. The maximum atomic E-state index is 14.0. The van der Waals surface area contributed by atoms with Crippen LogP contribution in [0.15, 0.2) is 66.7 Å². The molecule has 4 amide bonds. The van der Waals surface area contributed by atoms with Gasteiger partial charge in [-0.3, -0.25) is 4.79 Å². The molecule has 6 rings (SSSR count). The number of carbonyl (C=O) groups is 3. The van der Waals surface area contributed by atoms with Crippen LogP contribution in [0.3, 0.4) is 0 Å². The molecule has 2 fully saturated rings. The zero-order valence-corrected chi connectivity index (χ0v) is 24.2. The summed E-state index contributed by atoms with van der Waals surface area (Å²) in [6.45, 7) is 2.52. The molecular formula is C32H33F2N7O3. The maximum absolute atomic E-state index is 14.0. The minimum absolute atomic E-state index is 0.118. The lowest BCUT2D eigenvalue weighted by atomic mass is 9.86. The lowest BCUT2D eigenvalue weighted by Gasteiger charge is -2.46. The van der Waals surface area contributed by atoms with E-state index in [0.29, 0.717) is 41.2 Å². The molecule has 2 unspecified atom stereocenters. The molecule has 2 aliphatic heterocycles. The molecule has 2 saturated heterocycles. The van der Waals surface area contributed by atoms with E-state index in [1.165, 1.54) is 24.3 Å². The molecule has 0 spiro atoms. The number of fused-ring (bicyclic) bond motifs is 2. The molecule has 4 aromatic rings. The van der Waals surface area contributed by atoms with Gasteiger partial charge < -0.3 is 25.8 Å². The fourth-order valence-electron chi connectivity index (χ4n) is 5.94. The van der Waals surface area contributed by atoms with Crippen LogP contribution in [0.2, 0.25) is 0 Å². The largest absolute Gasteiger partial charge is 0.342 e. The summed E-state index contributed by atoms with van der Waals surface area (Å²) in [6, 6.07) is 15.7. The van der Waals surface area contributed by atoms with Gasteiger partial charge in [0, 0.05) is 49.8 Å². The van der Waals surface area contributed by atoms with Gasteiger partial charge in [-0.25, -0.2) is 18.4 Å². The van der Waals surface area contributed by atoms with Crippen molar-refractivity contribution in [2.24, 2.45) is 5.92 Å². The van der Waals surface area contributed by atoms with Crippen molar-refractivity contribution in [3.63, 3.8) is 0 Å². The number of anilines is 1. The highest BCUT2D eigenvalue weighted by Gasteiger charge is 2.40. The summed E-state index contributed by atoms with van der Waals surface area (Å²) >= 11 is 0. The molecule has 3 N–H and O–H groups in total. The van der Waals surface area contributed by atoms with Gasteiger partial charge in [0.15, 0.2) is 5.69 Å². The highest BCUT2D eigenvalue weighted by atomic mass is 19.1.